The van der Waals surface area contributed by atoms with Gasteiger partial charge in [0.2, 0.25) is 0 Å². The summed E-state index contributed by atoms with van der Waals surface area (Å²) in [5.41, 5.74) is 6.32. The van der Waals surface area contributed by atoms with E-state index in [1.54, 1.807) is 18.3 Å². The smallest absolute Gasteiger partial charge is 0.359 e. The van der Waals surface area contributed by atoms with Gasteiger partial charge in [0.25, 0.3) is 0 Å². The lowest BCUT2D eigenvalue weighted by atomic mass is 9.82. The summed E-state index contributed by atoms with van der Waals surface area (Å²) < 4.78 is 5.52. The second-order valence-electron chi connectivity index (χ2n) is 5.39. The van der Waals surface area contributed by atoms with Crippen LogP contribution in [-0.2, 0) is 4.74 Å². The predicted molar refractivity (Wildman–Crippen MR) is 70.0 cm³/mol. The minimum absolute atomic E-state index is 0.00217. The first-order valence-electron chi connectivity index (χ1n) is 6.47. The van der Waals surface area contributed by atoms with Crippen molar-refractivity contribution in [3.63, 3.8) is 0 Å². The van der Waals surface area contributed by atoms with Gasteiger partial charge in [-0.15, -0.1) is 0 Å². The lowest BCUT2D eigenvalue weighted by molar-refractivity contribution is 0.00758. The molecule has 0 radical (unpaired) electrons. The Bertz CT molecular complexity index is 424. The highest BCUT2D eigenvalue weighted by Crippen LogP contribution is 2.30. The Labute approximate surface area is 108 Å². The van der Waals surface area contributed by atoms with Crippen molar-refractivity contribution < 1.29 is 9.53 Å². The fraction of sp³-hybridized carbons (Fsp3) is 0.571. The molecular formula is C14H20N2O2. The molecule has 0 bridgehead atoms. The summed E-state index contributed by atoms with van der Waals surface area (Å²) in [4.78, 5) is 16.0. The van der Waals surface area contributed by atoms with Crippen LogP contribution in [0.5, 0.6) is 0 Å². The fourth-order valence-electron chi connectivity index (χ4n) is 2.76. The van der Waals surface area contributed by atoms with E-state index in [2.05, 4.69) is 18.8 Å². The number of carbonyl (C=O) groups is 1. The molecular weight excluding hydrogens is 228 g/mol. The Hall–Kier alpha value is -1.58. The molecule has 4 nitrogen and oxygen atoms in total. The summed E-state index contributed by atoms with van der Waals surface area (Å²) in [5.74, 6) is 0.805. The van der Waals surface area contributed by atoms with E-state index in [9.17, 15) is 4.79 Å². The van der Waals surface area contributed by atoms with Crippen LogP contribution in [-0.4, -0.2) is 17.1 Å². The molecule has 18 heavy (non-hydrogen) atoms. The molecule has 0 aliphatic heterocycles. The fourth-order valence-corrected chi connectivity index (χ4v) is 2.76. The van der Waals surface area contributed by atoms with Crippen molar-refractivity contribution in [1.82, 2.24) is 4.98 Å². The lowest BCUT2D eigenvalue weighted by Gasteiger charge is -2.30. The number of hydrogen-bond donors (Lipinski definition) is 1. The quantitative estimate of drug-likeness (QED) is 0.817. The highest BCUT2D eigenvalue weighted by atomic mass is 16.5. The average molecular weight is 248 g/mol. The van der Waals surface area contributed by atoms with Crippen LogP contribution in [0.2, 0.25) is 0 Å². The first-order valence-corrected chi connectivity index (χ1v) is 6.47. The predicted octanol–water partition coefficient (Wildman–Crippen LogP) is 2.65. The molecule has 2 N–H and O–H groups in total. The van der Waals surface area contributed by atoms with E-state index < -0.39 is 5.97 Å². The topological polar surface area (TPSA) is 65.2 Å². The van der Waals surface area contributed by atoms with Gasteiger partial charge in [0.1, 0.15) is 6.10 Å². The molecule has 1 aliphatic rings. The van der Waals surface area contributed by atoms with E-state index in [4.69, 9.17) is 10.5 Å². The Morgan fingerprint density at radius 3 is 2.61 bits per heavy atom. The number of ether oxygens (including phenoxy) is 1. The van der Waals surface area contributed by atoms with Gasteiger partial charge in [-0.05, 0) is 43.2 Å². The monoisotopic (exact) mass is 248 g/mol. The van der Waals surface area contributed by atoms with Gasteiger partial charge < -0.3 is 10.5 Å². The van der Waals surface area contributed by atoms with Crippen molar-refractivity contribution in [3.8, 4) is 0 Å². The zero-order chi connectivity index (χ0) is 13.1. The molecule has 2 rings (SSSR count). The zero-order valence-corrected chi connectivity index (χ0v) is 10.9. The van der Waals surface area contributed by atoms with E-state index in [1.165, 1.54) is 6.42 Å². The SMILES string of the molecule is CC1CC(C)CC(OC(=O)c2ncccc2N)C1. The second-order valence-corrected chi connectivity index (χ2v) is 5.39. The number of hydrogen-bond acceptors (Lipinski definition) is 4. The van der Waals surface area contributed by atoms with E-state index in [0.717, 1.165) is 12.8 Å². The number of nitrogens with zero attached hydrogens (tertiary/aromatic N) is 1. The van der Waals surface area contributed by atoms with Crippen molar-refractivity contribution in [1.29, 1.82) is 0 Å². The van der Waals surface area contributed by atoms with E-state index in [1.807, 2.05) is 0 Å². The molecule has 98 valence electrons. The maximum atomic E-state index is 12.0. The molecule has 0 saturated heterocycles. The van der Waals surface area contributed by atoms with E-state index in [0.29, 0.717) is 17.5 Å². The van der Waals surface area contributed by atoms with Crippen molar-refractivity contribution >= 4 is 11.7 Å². The van der Waals surface area contributed by atoms with Crippen LogP contribution in [0.1, 0.15) is 43.6 Å². The minimum atomic E-state index is -0.403. The second kappa shape index (κ2) is 5.38. The van der Waals surface area contributed by atoms with Gasteiger partial charge in [-0.25, -0.2) is 9.78 Å². The van der Waals surface area contributed by atoms with Crippen LogP contribution in [0, 0.1) is 11.8 Å². The third-order valence-electron chi connectivity index (χ3n) is 3.44. The molecule has 1 aliphatic carbocycles. The zero-order valence-electron chi connectivity index (χ0n) is 10.9. The van der Waals surface area contributed by atoms with Crippen molar-refractivity contribution in [2.24, 2.45) is 11.8 Å². The van der Waals surface area contributed by atoms with E-state index in [-0.39, 0.29) is 11.8 Å². The van der Waals surface area contributed by atoms with Crippen LogP contribution in [0.25, 0.3) is 0 Å². The number of nitrogen functional groups attached to an aromatic ring is 1. The van der Waals surface area contributed by atoms with Gasteiger partial charge in [-0.2, -0.15) is 0 Å². The van der Waals surface area contributed by atoms with Crippen molar-refractivity contribution in [3.05, 3.63) is 24.0 Å². The molecule has 1 heterocycles. The molecule has 1 aromatic rings. The maximum absolute atomic E-state index is 12.0. The van der Waals surface area contributed by atoms with Crippen LogP contribution in [0.4, 0.5) is 5.69 Å². The maximum Gasteiger partial charge on any atom is 0.359 e. The highest BCUT2D eigenvalue weighted by Gasteiger charge is 2.27. The largest absolute Gasteiger partial charge is 0.458 e. The summed E-state index contributed by atoms with van der Waals surface area (Å²) in [6, 6.07) is 3.37. The van der Waals surface area contributed by atoms with Crippen molar-refractivity contribution in [2.45, 2.75) is 39.2 Å². The molecule has 0 spiro atoms. The lowest BCUT2D eigenvalue weighted by Crippen LogP contribution is -2.29. The summed E-state index contributed by atoms with van der Waals surface area (Å²) in [6.07, 6.45) is 4.63. The molecule has 0 aromatic carbocycles. The average Bonchev–Trinajstić information content (AvgIpc) is 2.27. The Kier molecular flexibility index (Phi) is 3.84. The molecule has 4 heteroatoms. The van der Waals surface area contributed by atoms with Gasteiger partial charge in [0, 0.05) is 6.20 Å². The minimum Gasteiger partial charge on any atom is -0.458 e. The van der Waals surface area contributed by atoms with Gasteiger partial charge in [0.15, 0.2) is 5.69 Å². The summed E-state index contributed by atoms with van der Waals surface area (Å²) in [5, 5.41) is 0. The molecule has 2 atom stereocenters. The number of aromatic nitrogens is 1. The van der Waals surface area contributed by atoms with Gasteiger partial charge in [-0.3, -0.25) is 0 Å². The van der Waals surface area contributed by atoms with Crippen LogP contribution in [0.3, 0.4) is 0 Å². The molecule has 1 saturated carbocycles. The van der Waals surface area contributed by atoms with E-state index >= 15 is 0 Å². The highest BCUT2D eigenvalue weighted by molar-refractivity contribution is 5.92. The number of pyridine rings is 1. The number of esters is 1. The normalized spacial score (nSPS) is 27.8. The van der Waals surface area contributed by atoms with Gasteiger partial charge >= 0.3 is 5.97 Å². The molecule has 1 fully saturated rings. The Balaban J connectivity index is 2.01. The third-order valence-corrected chi connectivity index (χ3v) is 3.44. The summed E-state index contributed by atoms with van der Waals surface area (Å²) in [6.45, 7) is 4.40. The van der Waals surface area contributed by atoms with Crippen LogP contribution >= 0.6 is 0 Å². The summed E-state index contributed by atoms with van der Waals surface area (Å²) in [7, 11) is 0. The molecule has 0 amide bonds. The molecule has 2 unspecified atom stereocenters. The standard InChI is InChI=1S/C14H20N2O2/c1-9-6-10(2)8-11(7-9)18-14(17)13-12(15)4-3-5-16-13/h3-5,9-11H,6-8,15H2,1-2H3. The van der Waals surface area contributed by atoms with Crippen LogP contribution < -0.4 is 5.73 Å². The van der Waals surface area contributed by atoms with Crippen LogP contribution in [0.15, 0.2) is 18.3 Å². The number of rotatable bonds is 2. The Morgan fingerprint density at radius 2 is 2.00 bits per heavy atom. The van der Waals surface area contributed by atoms with Gasteiger partial charge in [0.05, 0.1) is 5.69 Å². The summed E-state index contributed by atoms with van der Waals surface area (Å²) >= 11 is 0. The number of carbonyl (C=O) groups excluding carboxylic acids is 1. The third kappa shape index (κ3) is 3.00. The molecule has 1 aromatic heterocycles. The number of anilines is 1. The Morgan fingerprint density at radius 1 is 1.33 bits per heavy atom. The number of nitrogens with two attached hydrogens (primary N) is 1. The van der Waals surface area contributed by atoms with Crippen molar-refractivity contribution in [2.75, 3.05) is 5.73 Å². The van der Waals surface area contributed by atoms with Gasteiger partial charge in [-0.1, -0.05) is 13.8 Å². The first-order chi connectivity index (χ1) is 8.56. The first kappa shape index (κ1) is 12.9.